The molecule has 1 aromatic heterocycles. The molecule has 28 heavy (non-hydrogen) atoms. The number of hydrogen-bond donors (Lipinski definition) is 1. The van der Waals surface area contributed by atoms with Crippen molar-refractivity contribution in [3.05, 3.63) is 52.3 Å². The number of amides is 1. The second-order valence-corrected chi connectivity index (χ2v) is 8.60. The standard InChI is InChI=1S/C18H14ClN3O4S2/c1-2-9-22-15-8-7-14(28(20,24)25)10-16(15)27-18(22)21-17(23)11-26-13-5-3-12(19)4-6-13/h1,3-8,10H,9,11H2,(H2,20,24,25). The number of nitrogens with two attached hydrogens (primary N) is 1. The normalized spacial score (nSPS) is 12.1. The Morgan fingerprint density at radius 1 is 1.29 bits per heavy atom. The van der Waals surface area contributed by atoms with Gasteiger partial charge in [0, 0.05) is 5.02 Å². The van der Waals surface area contributed by atoms with E-state index in [1.54, 1.807) is 34.9 Å². The molecular formula is C18H14ClN3O4S2. The van der Waals surface area contributed by atoms with Crippen LogP contribution in [0.3, 0.4) is 0 Å². The highest BCUT2D eigenvalue weighted by atomic mass is 35.5. The Morgan fingerprint density at radius 2 is 2.00 bits per heavy atom. The summed E-state index contributed by atoms with van der Waals surface area (Å²) in [7, 11) is -3.85. The van der Waals surface area contributed by atoms with Crippen LogP contribution >= 0.6 is 22.9 Å². The molecule has 0 aliphatic heterocycles. The first-order valence-corrected chi connectivity index (χ1v) is 10.6. The summed E-state index contributed by atoms with van der Waals surface area (Å²) in [6, 6.07) is 11.0. The first kappa shape index (κ1) is 20.1. The number of sulfonamides is 1. The van der Waals surface area contributed by atoms with E-state index in [0.29, 0.717) is 25.8 Å². The van der Waals surface area contributed by atoms with Crippen LogP contribution in [0.5, 0.6) is 5.75 Å². The summed E-state index contributed by atoms with van der Waals surface area (Å²) in [5.41, 5.74) is 0.653. The maximum absolute atomic E-state index is 12.2. The zero-order valence-corrected chi connectivity index (χ0v) is 16.7. The van der Waals surface area contributed by atoms with Crippen molar-refractivity contribution < 1.29 is 17.9 Å². The summed E-state index contributed by atoms with van der Waals surface area (Å²) in [5, 5.41) is 5.73. The molecule has 0 atom stereocenters. The fraction of sp³-hybridized carbons (Fsp3) is 0.111. The van der Waals surface area contributed by atoms with Crippen LogP contribution in [0.1, 0.15) is 0 Å². The third-order valence-corrected chi connectivity index (χ3v) is 5.83. The average Bonchev–Trinajstić information content (AvgIpc) is 2.97. The van der Waals surface area contributed by atoms with Gasteiger partial charge in [-0.25, -0.2) is 13.6 Å². The highest BCUT2D eigenvalue weighted by Gasteiger charge is 2.13. The Labute approximate surface area is 170 Å². The molecule has 7 nitrogen and oxygen atoms in total. The smallest absolute Gasteiger partial charge is 0.286 e. The van der Waals surface area contributed by atoms with Gasteiger partial charge in [0.05, 0.1) is 21.7 Å². The molecule has 3 rings (SSSR count). The van der Waals surface area contributed by atoms with Crippen molar-refractivity contribution in [3.63, 3.8) is 0 Å². The van der Waals surface area contributed by atoms with E-state index >= 15 is 0 Å². The Balaban J connectivity index is 1.93. The van der Waals surface area contributed by atoms with Crippen LogP contribution in [0, 0.1) is 12.3 Å². The number of carbonyl (C=O) groups is 1. The van der Waals surface area contributed by atoms with Gasteiger partial charge in [-0.1, -0.05) is 28.9 Å². The van der Waals surface area contributed by atoms with Gasteiger partial charge in [-0.05, 0) is 42.5 Å². The predicted octanol–water partition coefficient (Wildman–Crippen LogP) is 2.14. The van der Waals surface area contributed by atoms with Crippen LogP contribution in [-0.2, 0) is 21.4 Å². The van der Waals surface area contributed by atoms with Crippen molar-refractivity contribution in [2.75, 3.05) is 6.61 Å². The minimum atomic E-state index is -3.85. The molecule has 1 amide bonds. The van der Waals surface area contributed by atoms with Crippen LogP contribution in [0.2, 0.25) is 5.02 Å². The van der Waals surface area contributed by atoms with E-state index in [-0.39, 0.29) is 18.0 Å². The molecule has 2 N–H and O–H groups in total. The number of fused-ring (bicyclic) bond motifs is 1. The molecule has 0 fully saturated rings. The molecule has 10 heteroatoms. The Morgan fingerprint density at radius 3 is 2.64 bits per heavy atom. The summed E-state index contributed by atoms with van der Waals surface area (Å²) in [6.45, 7) is -0.104. The summed E-state index contributed by atoms with van der Waals surface area (Å²) >= 11 is 6.94. The van der Waals surface area contributed by atoms with Crippen LogP contribution in [0.15, 0.2) is 52.4 Å². The van der Waals surface area contributed by atoms with Crippen molar-refractivity contribution in [2.45, 2.75) is 11.4 Å². The number of thiazole rings is 1. The summed E-state index contributed by atoms with van der Waals surface area (Å²) in [4.78, 5) is 16.6. The van der Waals surface area contributed by atoms with Crippen LogP contribution < -0.4 is 14.7 Å². The number of nitrogens with zero attached hydrogens (tertiary/aromatic N) is 2. The van der Waals surface area contributed by atoms with E-state index in [9.17, 15) is 13.2 Å². The number of aromatic nitrogens is 1. The number of halogens is 1. The SMILES string of the molecule is C#CCn1c(=NC(=O)COc2ccc(Cl)cc2)sc2cc(S(N)(=O)=O)ccc21. The number of primary sulfonamides is 1. The topological polar surface area (TPSA) is 104 Å². The molecule has 0 saturated heterocycles. The van der Waals surface area contributed by atoms with Gasteiger partial charge < -0.3 is 9.30 Å². The second kappa shape index (κ2) is 8.16. The van der Waals surface area contributed by atoms with Gasteiger partial charge in [0.15, 0.2) is 11.4 Å². The van der Waals surface area contributed by atoms with Gasteiger partial charge in [0.1, 0.15) is 5.75 Å². The van der Waals surface area contributed by atoms with Crippen LogP contribution in [0.25, 0.3) is 10.2 Å². The summed E-state index contributed by atoms with van der Waals surface area (Å²) in [6.07, 6.45) is 5.41. The second-order valence-electron chi connectivity index (χ2n) is 5.60. The zero-order valence-electron chi connectivity index (χ0n) is 14.3. The maximum Gasteiger partial charge on any atom is 0.286 e. The number of carbonyl (C=O) groups excluding carboxylic acids is 1. The summed E-state index contributed by atoms with van der Waals surface area (Å²) in [5.74, 6) is 2.47. The lowest BCUT2D eigenvalue weighted by molar-refractivity contribution is -0.120. The molecule has 0 spiro atoms. The van der Waals surface area contributed by atoms with Crippen molar-refractivity contribution in [2.24, 2.45) is 10.1 Å². The van der Waals surface area contributed by atoms with Gasteiger partial charge in [-0.2, -0.15) is 4.99 Å². The summed E-state index contributed by atoms with van der Waals surface area (Å²) < 4.78 is 30.7. The molecule has 0 radical (unpaired) electrons. The van der Waals surface area contributed by atoms with Crippen LogP contribution in [-0.4, -0.2) is 25.5 Å². The molecule has 1 heterocycles. The predicted molar refractivity (Wildman–Crippen MR) is 108 cm³/mol. The zero-order chi connectivity index (χ0) is 20.3. The molecular weight excluding hydrogens is 422 g/mol. The third kappa shape index (κ3) is 4.61. The highest BCUT2D eigenvalue weighted by molar-refractivity contribution is 7.89. The van der Waals surface area contributed by atoms with Gasteiger partial charge in [-0.15, -0.1) is 6.42 Å². The Kier molecular flexibility index (Phi) is 5.86. The number of benzene rings is 2. The fourth-order valence-electron chi connectivity index (χ4n) is 2.37. The quantitative estimate of drug-likeness (QED) is 0.620. The first-order valence-electron chi connectivity index (χ1n) is 7.83. The average molecular weight is 436 g/mol. The van der Waals surface area contributed by atoms with E-state index in [1.807, 2.05) is 0 Å². The first-order chi connectivity index (χ1) is 13.3. The van der Waals surface area contributed by atoms with Gasteiger partial charge in [-0.3, -0.25) is 4.79 Å². The highest BCUT2D eigenvalue weighted by Crippen LogP contribution is 2.21. The largest absolute Gasteiger partial charge is 0.484 e. The minimum Gasteiger partial charge on any atom is -0.484 e. The van der Waals surface area contributed by atoms with E-state index in [4.69, 9.17) is 27.9 Å². The van der Waals surface area contributed by atoms with Gasteiger partial charge in [0.25, 0.3) is 5.91 Å². The maximum atomic E-state index is 12.2. The molecule has 2 aromatic carbocycles. The van der Waals surface area contributed by atoms with E-state index < -0.39 is 15.9 Å². The lowest BCUT2D eigenvalue weighted by Crippen LogP contribution is -2.19. The number of rotatable bonds is 5. The number of ether oxygens (including phenoxy) is 1. The molecule has 0 unspecified atom stereocenters. The molecule has 3 aromatic rings. The van der Waals surface area contributed by atoms with Crippen molar-refractivity contribution >= 4 is 49.1 Å². The van der Waals surface area contributed by atoms with Crippen molar-refractivity contribution in [1.29, 1.82) is 0 Å². The molecule has 0 saturated carbocycles. The lowest BCUT2D eigenvalue weighted by Gasteiger charge is -2.03. The number of terminal acetylenes is 1. The number of hydrogen-bond acceptors (Lipinski definition) is 5. The molecule has 144 valence electrons. The lowest BCUT2D eigenvalue weighted by atomic mass is 10.3. The van der Waals surface area contributed by atoms with Crippen molar-refractivity contribution in [3.8, 4) is 18.1 Å². The molecule has 0 bridgehead atoms. The molecule has 0 aliphatic rings. The monoisotopic (exact) mass is 435 g/mol. The fourth-order valence-corrected chi connectivity index (χ4v) is 4.20. The van der Waals surface area contributed by atoms with Gasteiger partial charge >= 0.3 is 0 Å². The minimum absolute atomic E-state index is 0.0296. The van der Waals surface area contributed by atoms with E-state index in [2.05, 4.69) is 10.9 Å². The Bertz CT molecular complexity index is 1250. The Hall–Kier alpha value is -2.64. The third-order valence-electron chi connectivity index (χ3n) is 3.63. The van der Waals surface area contributed by atoms with Crippen LogP contribution in [0.4, 0.5) is 0 Å². The van der Waals surface area contributed by atoms with E-state index in [0.717, 1.165) is 11.3 Å². The van der Waals surface area contributed by atoms with Gasteiger partial charge in [0.2, 0.25) is 10.0 Å². The molecule has 0 aliphatic carbocycles. The van der Waals surface area contributed by atoms with Crippen molar-refractivity contribution in [1.82, 2.24) is 4.57 Å². The van der Waals surface area contributed by atoms with E-state index in [1.165, 1.54) is 12.1 Å².